The molecular weight excluding hydrogens is 340 g/mol. The fourth-order valence-corrected chi connectivity index (χ4v) is 3.72. The Hall–Kier alpha value is -1.91. The first kappa shape index (κ1) is 21.4. The Kier molecular flexibility index (Phi) is 9.29. The Morgan fingerprint density at radius 2 is 1.96 bits per heavy atom. The molecule has 1 saturated carbocycles. The van der Waals surface area contributed by atoms with E-state index < -0.39 is 12.1 Å². The lowest BCUT2D eigenvalue weighted by Gasteiger charge is -2.18. The van der Waals surface area contributed by atoms with Gasteiger partial charge in [-0.15, -0.1) is 0 Å². The number of hydrogen-bond donors (Lipinski definition) is 3. The topological polar surface area (TPSA) is 77.8 Å². The minimum Gasteiger partial charge on any atom is -0.481 e. The van der Waals surface area contributed by atoms with Gasteiger partial charge in [-0.1, -0.05) is 54.6 Å². The molecule has 0 saturated heterocycles. The maximum Gasteiger partial charge on any atom is 0.303 e. The molecule has 0 amide bonds. The van der Waals surface area contributed by atoms with Crippen molar-refractivity contribution in [1.82, 2.24) is 0 Å². The Balaban J connectivity index is 1.75. The Morgan fingerprint density at radius 1 is 1.19 bits per heavy atom. The van der Waals surface area contributed by atoms with E-state index in [-0.39, 0.29) is 24.4 Å². The van der Waals surface area contributed by atoms with Crippen LogP contribution in [0.2, 0.25) is 0 Å². The molecule has 0 aromatic heterocycles. The van der Waals surface area contributed by atoms with Crippen LogP contribution in [-0.2, 0) is 11.2 Å². The van der Waals surface area contributed by atoms with Crippen LogP contribution in [0.5, 0.6) is 0 Å². The van der Waals surface area contributed by atoms with Gasteiger partial charge >= 0.3 is 5.97 Å². The van der Waals surface area contributed by atoms with Crippen molar-refractivity contribution in [2.24, 2.45) is 11.8 Å². The number of aliphatic hydroxyl groups is 2. The molecule has 0 aliphatic heterocycles. The van der Waals surface area contributed by atoms with Gasteiger partial charge in [-0.05, 0) is 62.3 Å². The number of rotatable bonds is 11. The average molecular weight is 373 g/mol. The number of aliphatic hydroxyl groups excluding tert-OH is 2. The predicted octanol–water partition coefficient (Wildman–Crippen LogP) is 4.12. The van der Waals surface area contributed by atoms with Crippen LogP contribution in [0, 0.1) is 11.8 Å². The third-order valence-corrected chi connectivity index (χ3v) is 5.33. The van der Waals surface area contributed by atoms with Crippen LogP contribution in [0.1, 0.15) is 50.5 Å². The average Bonchev–Trinajstić information content (AvgIpc) is 3.01. The van der Waals surface area contributed by atoms with E-state index in [0.29, 0.717) is 12.8 Å². The molecular formula is C23H32O4. The molecule has 27 heavy (non-hydrogen) atoms. The normalized spacial score (nSPS) is 24.0. The zero-order valence-electron chi connectivity index (χ0n) is 15.9. The van der Waals surface area contributed by atoms with Crippen LogP contribution in [0.4, 0.5) is 0 Å². The van der Waals surface area contributed by atoms with Crippen molar-refractivity contribution in [3.63, 3.8) is 0 Å². The summed E-state index contributed by atoms with van der Waals surface area (Å²) in [7, 11) is 0. The Morgan fingerprint density at radius 3 is 2.70 bits per heavy atom. The largest absolute Gasteiger partial charge is 0.481 e. The monoisotopic (exact) mass is 372 g/mol. The summed E-state index contributed by atoms with van der Waals surface area (Å²) >= 11 is 0. The van der Waals surface area contributed by atoms with Gasteiger partial charge in [-0.25, -0.2) is 0 Å². The van der Waals surface area contributed by atoms with Gasteiger partial charge in [0.25, 0.3) is 0 Å². The standard InChI is InChI=1S/C23H32O4/c24-20(15-12-18-8-4-3-5-9-18)16-13-19-14-17-22(25)21(19)10-6-1-2-7-11-23(26)27/h1,3-6,8-9,13,16,19-22,24-25H,2,7,10-12,14-15,17H2,(H,26,27)/b6-1-,16-13+. The number of carboxylic acid groups (broad SMARTS) is 1. The Bertz CT molecular complexity index is 608. The molecule has 3 N–H and O–H groups in total. The second-order valence-corrected chi connectivity index (χ2v) is 7.44. The molecule has 1 aromatic carbocycles. The number of benzene rings is 1. The van der Waals surface area contributed by atoms with Crippen LogP contribution in [0.3, 0.4) is 0 Å². The van der Waals surface area contributed by atoms with Crippen LogP contribution in [-0.4, -0.2) is 33.5 Å². The van der Waals surface area contributed by atoms with Crippen molar-refractivity contribution in [3.8, 4) is 0 Å². The van der Waals surface area contributed by atoms with Crippen molar-refractivity contribution >= 4 is 5.97 Å². The number of aliphatic carboxylic acids is 1. The molecule has 0 heterocycles. The van der Waals surface area contributed by atoms with Crippen molar-refractivity contribution in [2.45, 2.75) is 63.6 Å². The summed E-state index contributed by atoms with van der Waals surface area (Å²) in [6, 6.07) is 10.2. The molecule has 0 bridgehead atoms. The van der Waals surface area contributed by atoms with Gasteiger partial charge in [0.15, 0.2) is 0 Å². The molecule has 0 spiro atoms. The molecule has 4 unspecified atom stereocenters. The van der Waals surface area contributed by atoms with E-state index in [9.17, 15) is 15.0 Å². The van der Waals surface area contributed by atoms with Gasteiger partial charge in [0.05, 0.1) is 12.2 Å². The van der Waals surface area contributed by atoms with Gasteiger partial charge in [0.2, 0.25) is 0 Å². The highest BCUT2D eigenvalue weighted by molar-refractivity contribution is 5.66. The number of unbranched alkanes of at least 4 members (excludes halogenated alkanes) is 1. The lowest BCUT2D eigenvalue weighted by atomic mass is 9.90. The molecule has 2 rings (SSSR count). The van der Waals surface area contributed by atoms with E-state index in [1.165, 1.54) is 5.56 Å². The fourth-order valence-electron chi connectivity index (χ4n) is 3.72. The summed E-state index contributed by atoms with van der Waals surface area (Å²) < 4.78 is 0. The van der Waals surface area contributed by atoms with Gasteiger partial charge in [0, 0.05) is 6.42 Å². The number of allylic oxidation sites excluding steroid dienone is 3. The number of aryl methyl sites for hydroxylation is 1. The van der Waals surface area contributed by atoms with E-state index in [4.69, 9.17) is 5.11 Å². The SMILES string of the molecule is O=C(O)CCC/C=C\CC1C(O)CCC1/C=C/C(O)CCc1ccccc1. The number of carboxylic acids is 1. The second kappa shape index (κ2) is 11.7. The van der Waals surface area contributed by atoms with Crippen molar-refractivity contribution in [3.05, 3.63) is 60.2 Å². The summed E-state index contributed by atoms with van der Waals surface area (Å²) in [4.78, 5) is 10.5. The summed E-state index contributed by atoms with van der Waals surface area (Å²) in [6.07, 6.45) is 13.0. The van der Waals surface area contributed by atoms with Gasteiger partial charge in [-0.2, -0.15) is 0 Å². The molecule has 4 nitrogen and oxygen atoms in total. The highest BCUT2D eigenvalue weighted by Crippen LogP contribution is 2.36. The molecule has 148 valence electrons. The molecule has 1 fully saturated rings. The van der Waals surface area contributed by atoms with E-state index in [1.54, 1.807) is 0 Å². The lowest BCUT2D eigenvalue weighted by molar-refractivity contribution is -0.137. The maximum absolute atomic E-state index is 10.5. The highest BCUT2D eigenvalue weighted by atomic mass is 16.4. The van der Waals surface area contributed by atoms with Crippen LogP contribution in [0.25, 0.3) is 0 Å². The minimum atomic E-state index is -0.759. The predicted molar refractivity (Wildman–Crippen MR) is 107 cm³/mol. The van der Waals surface area contributed by atoms with Gasteiger partial charge < -0.3 is 15.3 Å². The third-order valence-electron chi connectivity index (χ3n) is 5.33. The molecule has 4 heteroatoms. The summed E-state index contributed by atoms with van der Waals surface area (Å²) in [6.45, 7) is 0. The fraction of sp³-hybridized carbons (Fsp3) is 0.522. The van der Waals surface area contributed by atoms with Gasteiger partial charge in [0.1, 0.15) is 0 Å². The smallest absolute Gasteiger partial charge is 0.303 e. The van der Waals surface area contributed by atoms with Crippen molar-refractivity contribution in [2.75, 3.05) is 0 Å². The summed E-state index contributed by atoms with van der Waals surface area (Å²) in [5, 5.41) is 29.1. The van der Waals surface area contributed by atoms with Gasteiger partial charge in [-0.3, -0.25) is 4.79 Å². The second-order valence-electron chi connectivity index (χ2n) is 7.44. The maximum atomic E-state index is 10.5. The van der Waals surface area contributed by atoms with E-state index in [2.05, 4.69) is 24.3 Å². The van der Waals surface area contributed by atoms with Crippen molar-refractivity contribution < 1.29 is 20.1 Å². The molecule has 1 aromatic rings. The molecule has 0 radical (unpaired) electrons. The summed E-state index contributed by atoms with van der Waals surface area (Å²) in [5.41, 5.74) is 1.23. The third kappa shape index (κ3) is 8.10. The zero-order chi connectivity index (χ0) is 19.5. The number of hydrogen-bond acceptors (Lipinski definition) is 3. The quantitative estimate of drug-likeness (QED) is 0.403. The minimum absolute atomic E-state index is 0.179. The first-order chi connectivity index (χ1) is 13.1. The van der Waals surface area contributed by atoms with Crippen LogP contribution >= 0.6 is 0 Å². The summed E-state index contributed by atoms with van der Waals surface area (Å²) in [5.74, 6) is -0.293. The van der Waals surface area contributed by atoms with Crippen molar-refractivity contribution in [1.29, 1.82) is 0 Å². The molecule has 4 atom stereocenters. The highest BCUT2D eigenvalue weighted by Gasteiger charge is 2.32. The number of carbonyl (C=O) groups is 1. The Labute approximate surface area is 162 Å². The van der Waals surface area contributed by atoms with E-state index in [1.807, 2.05) is 30.4 Å². The lowest BCUT2D eigenvalue weighted by Crippen LogP contribution is -2.17. The zero-order valence-corrected chi connectivity index (χ0v) is 15.9. The first-order valence-electron chi connectivity index (χ1n) is 10.0. The van der Waals surface area contributed by atoms with E-state index >= 15 is 0 Å². The molecule has 1 aliphatic rings. The van der Waals surface area contributed by atoms with Crippen LogP contribution in [0.15, 0.2) is 54.6 Å². The van der Waals surface area contributed by atoms with E-state index in [0.717, 1.165) is 32.1 Å². The molecule has 1 aliphatic carbocycles. The first-order valence-corrected chi connectivity index (χ1v) is 10.0. The van der Waals surface area contributed by atoms with Crippen LogP contribution < -0.4 is 0 Å².